The van der Waals surface area contributed by atoms with Crippen LogP contribution in [0.3, 0.4) is 0 Å². The normalized spacial score (nSPS) is 11.2. The van der Waals surface area contributed by atoms with Gasteiger partial charge in [0.25, 0.3) is 5.91 Å². The number of benzene rings is 1. The monoisotopic (exact) mass is 402 g/mol. The van der Waals surface area contributed by atoms with Gasteiger partial charge in [0.05, 0.1) is 18.0 Å². The fourth-order valence-electron chi connectivity index (χ4n) is 2.89. The van der Waals surface area contributed by atoms with E-state index in [4.69, 9.17) is 22.1 Å². The first-order chi connectivity index (χ1) is 13.4. The van der Waals surface area contributed by atoms with Crippen LogP contribution < -0.4 is 15.8 Å². The molecule has 2 aromatic heterocycles. The van der Waals surface area contributed by atoms with Gasteiger partial charge in [0, 0.05) is 30.6 Å². The van der Waals surface area contributed by atoms with Crippen molar-refractivity contribution in [3.8, 4) is 11.4 Å². The lowest BCUT2D eigenvalue weighted by molar-refractivity contribution is 0.0948. The van der Waals surface area contributed by atoms with Crippen LogP contribution in [0, 0.1) is 0 Å². The van der Waals surface area contributed by atoms with E-state index >= 15 is 0 Å². The summed E-state index contributed by atoms with van der Waals surface area (Å²) in [6, 6.07) is 6.90. The fraction of sp³-hybridized carbons (Fsp3) is 0.316. The molecule has 28 heavy (non-hydrogen) atoms. The van der Waals surface area contributed by atoms with Gasteiger partial charge in [-0.3, -0.25) is 4.79 Å². The van der Waals surface area contributed by atoms with E-state index in [-0.39, 0.29) is 11.6 Å². The average molecular weight is 403 g/mol. The molecular formula is C19H23ClN6O2. The number of anilines is 1. The van der Waals surface area contributed by atoms with Crippen molar-refractivity contribution in [3.63, 3.8) is 0 Å². The summed E-state index contributed by atoms with van der Waals surface area (Å²) in [5, 5.41) is 8.35. The maximum atomic E-state index is 12.7. The summed E-state index contributed by atoms with van der Waals surface area (Å²) in [6.45, 7) is 1.44. The summed E-state index contributed by atoms with van der Waals surface area (Å²) in [5.74, 6) is 0.274. The lowest BCUT2D eigenvalue weighted by Crippen LogP contribution is -2.27. The maximum absolute atomic E-state index is 12.7. The van der Waals surface area contributed by atoms with Gasteiger partial charge in [-0.15, -0.1) is 0 Å². The second-order valence-corrected chi connectivity index (χ2v) is 7.02. The third kappa shape index (κ3) is 4.18. The van der Waals surface area contributed by atoms with Crippen molar-refractivity contribution in [3.05, 3.63) is 41.3 Å². The number of carbonyl (C=O) groups excluding carboxylic acids is 1. The number of ether oxygens (including phenoxy) is 1. The number of nitrogens with one attached hydrogen (secondary N) is 1. The quantitative estimate of drug-likeness (QED) is 0.357. The Kier molecular flexibility index (Phi) is 6.01. The minimum absolute atomic E-state index is 0.263. The van der Waals surface area contributed by atoms with Gasteiger partial charge in [-0.1, -0.05) is 11.6 Å². The van der Waals surface area contributed by atoms with Crippen molar-refractivity contribution >= 4 is 34.1 Å². The average Bonchev–Trinajstić information content (AvgIpc) is 3.03. The van der Waals surface area contributed by atoms with E-state index < -0.39 is 0 Å². The van der Waals surface area contributed by atoms with Crippen molar-refractivity contribution in [2.24, 2.45) is 0 Å². The van der Waals surface area contributed by atoms with Crippen LogP contribution in [-0.2, 0) is 0 Å². The van der Waals surface area contributed by atoms with Gasteiger partial charge >= 0.3 is 0 Å². The zero-order valence-electron chi connectivity index (χ0n) is 16.1. The van der Waals surface area contributed by atoms with Crippen LogP contribution in [0.4, 0.5) is 5.69 Å². The number of nitrogens with zero attached hydrogens (tertiary/aromatic N) is 4. The largest absolute Gasteiger partial charge is 0.494 e. The summed E-state index contributed by atoms with van der Waals surface area (Å²) in [5.41, 5.74) is 8.00. The second-order valence-electron chi connectivity index (χ2n) is 6.63. The molecule has 0 fully saturated rings. The minimum atomic E-state index is -0.263. The van der Waals surface area contributed by atoms with Crippen molar-refractivity contribution in [2.75, 3.05) is 40.0 Å². The van der Waals surface area contributed by atoms with Gasteiger partial charge in [0.15, 0.2) is 5.69 Å². The SMILES string of the molecule is COc1cc(N)ccc1-n1nc(C(=O)NCCCN(C)C)c2cnc(Cl)cc21. The molecule has 0 aliphatic rings. The van der Waals surface area contributed by atoms with Crippen LogP contribution in [-0.4, -0.2) is 59.9 Å². The third-order valence-corrected chi connectivity index (χ3v) is 4.45. The molecular weight excluding hydrogens is 380 g/mol. The zero-order chi connectivity index (χ0) is 20.3. The Bertz CT molecular complexity index is 1000. The van der Waals surface area contributed by atoms with Gasteiger partial charge in [-0.05, 0) is 39.2 Å². The van der Waals surface area contributed by atoms with Crippen LogP contribution in [0.15, 0.2) is 30.5 Å². The highest BCUT2D eigenvalue weighted by Gasteiger charge is 2.20. The van der Waals surface area contributed by atoms with E-state index in [0.29, 0.717) is 39.7 Å². The number of hydrogen-bond donors (Lipinski definition) is 2. The molecule has 148 valence electrons. The van der Waals surface area contributed by atoms with Gasteiger partial charge < -0.3 is 20.7 Å². The molecule has 0 atom stereocenters. The lowest BCUT2D eigenvalue weighted by atomic mass is 10.2. The highest BCUT2D eigenvalue weighted by Crippen LogP contribution is 2.30. The van der Waals surface area contributed by atoms with Gasteiger partial charge in [0.1, 0.15) is 16.6 Å². The summed E-state index contributed by atoms with van der Waals surface area (Å²) in [6.07, 6.45) is 2.40. The highest BCUT2D eigenvalue weighted by atomic mass is 35.5. The number of fused-ring (bicyclic) bond motifs is 1. The molecule has 0 bridgehead atoms. The van der Waals surface area contributed by atoms with Crippen LogP contribution in [0.5, 0.6) is 5.75 Å². The predicted molar refractivity (Wildman–Crippen MR) is 110 cm³/mol. The molecule has 1 amide bonds. The smallest absolute Gasteiger partial charge is 0.272 e. The van der Waals surface area contributed by atoms with Crippen LogP contribution in [0.2, 0.25) is 5.15 Å². The Morgan fingerprint density at radius 3 is 2.86 bits per heavy atom. The number of carbonyl (C=O) groups is 1. The Balaban J connectivity index is 2.01. The van der Waals surface area contributed by atoms with E-state index in [1.807, 2.05) is 14.1 Å². The first-order valence-corrected chi connectivity index (χ1v) is 9.19. The molecule has 0 spiro atoms. The van der Waals surface area contributed by atoms with Gasteiger partial charge in [0.2, 0.25) is 0 Å². The van der Waals surface area contributed by atoms with E-state index in [2.05, 4.69) is 20.3 Å². The van der Waals surface area contributed by atoms with Crippen LogP contribution in [0.25, 0.3) is 16.6 Å². The zero-order valence-corrected chi connectivity index (χ0v) is 16.8. The summed E-state index contributed by atoms with van der Waals surface area (Å²) in [4.78, 5) is 18.9. The van der Waals surface area contributed by atoms with Gasteiger partial charge in [-0.25, -0.2) is 9.67 Å². The Morgan fingerprint density at radius 2 is 2.14 bits per heavy atom. The molecule has 0 radical (unpaired) electrons. The number of nitrogen functional groups attached to an aromatic ring is 1. The van der Waals surface area contributed by atoms with Gasteiger partial charge in [-0.2, -0.15) is 5.10 Å². The molecule has 0 aliphatic heterocycles. The number of hydrogen-bond acceptors (Lipinski definition) is 6. The van der Waals surface area contributed by atoms with Crippen molar-refractivity contribution in [1.82, 2.24) is 25.0 Å². The maximum Gasteiger partial charge on any atom is 0.272 e. The van der Waals surface area contributed by atoms with E-state index in [0.717, 1.165) is 13.0 Å². The fourth-order valence-corrected chi connectivity index (χ4v) is 3.04. The van der Waals surface area contributed by atoms with E-state index in [1.54, 1.807) is 42.3 Å². The number of nitrogens with two attached hydrogens (primary N) is 1. The summed E-state index contributed by atoms with van der Waals surface area (Å²) < 4.78 is 7.06. The minimum Gasteiger partial charge on any atom is -0.494 e. The van der Waals surface area contributed by atoms with Crippen molar-refractivity contribution in [2.45, 2.75) is 6.42 Å². The molecule has 3 rings (SSSR count). The number of methoxy groups -OCH3 is 1. The second kappa shape index (κ2) is 8.45. The number of pyridine rings is 1. The highest BCUT2D eigenvalue weighted by molar-refractivity contribution is 6.30. The molecule has 8 nitrogen and oxygen atoms in total. The van der Waals surface area contributed by atoms with E-state index in [9.17, 15) is 4.79 Å². The summed E-state index contributed by atoms with van der Waals surface area (Å²) >= 11 is 6.09. The van der Waals surface area contributed by atoms with Crippen LogP contribution >= 0.6 is 11.6 Å². The molecule has 0 saturated carbocycles. The molecule has 2 heterocycles. The topological polar surface area (TPSA) is 98.3 Å². The Morgan fingerprint density at radius 1 is 1.36 bits per heavy atom. The molecule has 0 aliphatic carbocycles. The number of rotatable bonds is 7. The number of aromatic nitrogens is 3. The Labute approximate surface area is 168 Å². The first kappa shape index (κ1) is 19.9. The first-order valence-electron chi connectivity index (χ1n) is 8.82. The summed E-state index contributed by atoms with van der Waals surface area (Å²) in [7, 11) is 5.54. The third-order valence-electron chi connectivity index (χ3n) is 4.25. The molecule has 0 saturated heterocycles. The molecule has 0 unspecified atom stereocenters. The van der Waals surface area contributed by atoms with Crippen LogP contribution in [0.1, 0.15) is 16.9 Å². The lowest BCUT2D eigenvalue weighted by Gasteiger charge is -2.10. The predicted octanol–water partition coefficient (Wildman–Crippen LogP) is 2.35. The Hall–Kier alpha value is -2.84. The number of halogens is 1. The standard InChI is InChI=1S/C19H23ClN6O2/c1-25(2)8-4-7-22-19(27)18-13-11-23-17(20)10-15(13)26(24-18)14-6-5-12(21)9-16(14)28-3/h5-6,9-11H,4,7-8,21H2,1-3H3,(H,22,27). The molecule has 9 heteroatoms. The van der Waals surface area contributed by atoms with Crippen molar-refractivity contribution < 1.29 is 9.53 Å². The molecule has 3 aromatic rings. The van der Waals surface area contributed by atoms with Crippen molar-refractivity contribution in [1.29, 1.82) is 0 Å². The molecule has 3 N–H and O–H groups in total. The van der Waals surface area contributed by atoms with E-state index in [1.165, 1.54) is 0 Å². The number of amides is 1. The molecule has 1 aromatic carbocycles.